The Morgan fingerprint density at radius 2 is 1.92 bits per heavy atom. The number of halogens is 2. The van der Waals surface area contributed by atoms with Crippen molar-refractivity contribution in [3.63, 3.8) is 0 Å². The second-order valence-corrected chi connectivity index (χ2v) is 8.84. The van der Waals surface area contributed by atoms with Crippen molar-refractivity contribution in [2.24, 2.45) is 0 Å². The van der Waals surface area contributed by atoms with Crippen LogP contribution in [0, 0.1) is 11.6 Å². The molecule has 0 spiro atoms. The van der Waals surface area contributed by atoms with E-state index in [-0.39, 0.29) is 10.4 Å². The number of sulfone groups is 1. The molecule has 0 bridgehead atoms. The first kappa shape index (κ1) is 17.2. The van der Waals surface area contributed by atoms with E-state index >= 15 is 0 Å². The van der Waals surface area contributed by atoms with Crippen LogP contribution < -0.4 is 5.32 Å². The van der Waals surface area contributed by atoms with Crippen LogP contribution in [-0.4, -0.2) is 15.0 Å². The van der Waals surface area contributed by atoms with Gasteiger partial charge in [-0.05, 0) is 44.5 Å². The summed E-state index contributed by atoms with van der Waals surface area (Å²) < 4.78 is 58.9. The second kappa shape index (κ2) is 5.62. The summed E-state index contributed by atoms with van der Waals surface area (Å²) in [5.41, 5.74) is 1.11. The van der Waals surface area contributed by atoms with Gasteiger partial charge in [0.25, 0.3) is 0 Å². The van der Waals surface area contributed by atoms with Crippen molar-refractivity contribution < 1.29 is 21.6 Å². The molecule has 0 unspecified atom stereocenters. The first-order chi connectivity index (χ1) is 12.2. The molecule has 0 radical (unpaired) electrons. The number of hydrogen-bond donors (Lipinski definition) is 1. The Morgan fingerprint density at radius 1 is 1.15 bits per heavy atom. The predicted molar refractivity (Wildman–Crippen MR) is 92.8 cm³/mol. The van der Waals surface area contributed by atoms with Crippen LogP contribution in [0.15, 0.2) is 50.6 Å². The molecule has 3 aromatic rings. The zero-order valence-corrected chi connectivity index (χ0v) is 15.1. The van der Waals surface area contributed by atoms with E-state index in [0.29, 0.717) is 5.58 Å². The van der Waals surface area contributed by atoms with Gasteiger partial charge in [-0.1, -0.05) is 6.07 Å². The minimum atomic E-state index is -4.20. The zero-order chi connectivity index (χ0) is 18.7. The second-order valence-electron chi connectivity index (χ2n) is 6.92. The molecule has 1 aromatic heterocycles. The summed E-state index contributed by atoms with van der Waals surface area (Å²) >= 11 is 0. The van der Waals surface area contributed by atoms with Gasteiger partial charge in [-0.2, -0.15) is 0 Å². The minimum absolute atomic E-state index is 0.133. The van der Waals surface area contributed by atoms with Gasteiger partial charge in [0, 0.05) is 23.6 Å². The van der Waals surface area contributed by atoms with Crippen molar-refractivity contribution >= 4 is 20.8 Å². The monoisotopic (exact) mass is 377 g/mol. The Labute approximate surface area is 149 Å². The first-order valence-electron chi connectivity index (χ1n) is 8.22. The fourth-order valence-corrected chi connectivity index (χ4v) is 4.80. The SMILES string of the molecule is CC1(C)NCCc2c1oc1cc(S(=O)(=O)c3cccc(F)c3F)ccc21. The van der Waals surface area contributed by atoms with Crippen molar-refractivity contribution in [2.75, 3.05) is 6.54 Å². The third kappa shape index (κ3) is 2.46. The molecule has 4 rings (SSSR count). The predicted octanol–water partition coefficient (Wildman–Crippen LogP) is 3.92. The number of nitrogens with one attached hydrogen (secondary N) is 1. The van der Waals surface area contributed by atoms with Gasteiger partial charge in [-0.25, -0.2) is 17.2 Å². The lowest BCUT2D eigenvalue weighted by Gasteiger charge is -2.29. The van der Waals surface area contributed by atoms with Crippen molar-refractivity contribution in [1.29, 1.82) is 0 Å². The highest BCUT2D eigenvalue weighted by Gasteiger charge is 2.33. The van der Waals surface area contributed by atoms with Gasteiger partial charge in [-0.3, -0.25) is 0 Å². The van der Waals surface area contributed by atoms with E-state index in [9.17, 15) is 17.2 Å². The molecule has 7 heteroatoms. The van der Waals surface area contributed by atoms with Gasteiger partial charge < -0.3 is 9.73 Å². The highest BCUT2D eigenvalue weighted by molar-refractivity contribution is 7.91. The van der Waals surface area contributed by atoms with E-state index < -0.39 is 26.4 Å². The normalized spacial score (nSPS) is 16.6. The minimum Gasteiger partial charge on any atom is -0.459 e. The standard InChI is InChI=1S/C19H17F2NO3S/c1-19(2)18-13(8-9-22-19)12-7-6-11(10-15(12)25-18)26(23,24)16-5-3-4-14(20)17(16)21/h3-7,10,22H,8-9H2,1-2H3. The summed E-state index contributed by atoms with van der Waals surface area (Å²) in [6, 6.07) is 7.56. The smallest absolute Gasteiger partial charge is 0.209 e. The number of furan rings is 1. The Kier molecular flexibility index (Phi) is 3.71. The van der Waals surface area contributed by atoms with Crippen LogP contribution in [0.1, 0.15) is 25.2 Å². The van der Waals surface area contributed by atoms with Crippen LogP contribution in [0.3, 0.4) is 0 Å². The highest BCUT2D eigenvalue weighted by Crippen LogP contribution is 2.37. The summed E-state index contributed by atoms with van der Waals surface area (Å²) in [6.07, 6.45) is 0.774. The lowest BCUT2D eigenvalue weighted by Crippen LogP contribution is -2.41. The molecule has 136 valence electrons. The molecule has 1 aliphatic rings. The van der Waals surface area contributed by atoms with Crippen LogP contribution in [-0.2, 0) is 21.8 Å². The molecular formula is C19H17F2NO3S. The highest BCUT2D eigenvalue weighted by atomic mass is 32.2. The lowest BCUT2D eigenvalue weighted by atomic mass is 9.91. The maximum absolute atomic E-state index is 14.0. The van der Waals surface area contributed by atoms with Gasteiger partial charge in [0.05, 0.1) is 10.4 Å². The van der Waals surface area contributed by atoms with E-state index in [1.54, 1.807) is 6.07 Å². The van der Waals surface area contributed by atoms with Crippen molar-refractivity contribution in [1.82, 2.24) is 5.32 Å². The summed E-state index contributed by atoms with van der Waals surface area (Å²) in [5, 5.41) is 4.20. The molecule has 0 saturated heterocycles. The van der Waals surface area contributed by atoms with Crippen LogP contribution in [0.4, 0.5) is 8.78 Å². The Hall–Kier alpha value is -2.25. The molecule has 0 amide bonds. The van der Waals surface area contributed by atoms with Crippen molar-refractivity contribution in [2.45, 2.75) is 35.6 Å². The summed E-state index contributed by atoms with van der Waals surface area (Å²) in [4.78, 5) is -0.818. The molecule has 4 nitrogen and oxygen atoms in total. The Morgan fingerprint density at radius 3 is 2.69 bits per heavy atom. The third-order valence-electron chi connectivity index (χ3n) is 4.79. The molecule has 1 N–H and O–H groups in total. The van der Waals surface area contributed by atoms with E-state index in [0.717, 1.165) is 41.8 Å². The van der Waals surface area contributed by atoms with E-state index in [2.05, 4.69) is 5.32 Å². The summed E-state index contributed by atoms with van der Waals surface area (Å²) in [7, 11) is -4.20. The molecule has 0 aliphatic carbocycles. The Bertz CT molecular complexity index is 1130. The van der Waals surface area contributed by atoms with Crippen LogP contribution in [0.5, 0.6) is 0 Å². The molecule has 0 atom stereocenters. The van der Waals surface area contributed by atoms with Gasteiger partial charge in [0.15, 0.2) is 11.6 Å². The average Bonchev–Trinajstić information content (AvgIpc) is 2.96. The van der Waals surface area contributed by atoms with Crippen LogP contribution in [0.2, 0.25) is 0 Å². The van der Waals surface area contributed by atoms with Crippen molar-refractivity contribution in [3.8, 4) is 0 Å². The number of fused-ring (bicyclic) bond motifs is 3. The maximum Gasteiger partial charge on any atom is 0.209 e. The van der Waals surface area contributed by atoms with Gasteiger partial charge in [-0.15, -0.1) is 0 Å². The number of hydrogen-bond acceptors (Lipinski definition) is 4. The zero-order valence-electron chi connectivity index (χ0n) is 14.3. The third-order valence-corrected chi connectivity index (χ3v) is 6.56. The van der Waals surface area contributed by atoms with Gasteiger partial charge in [0.1, 0.15) is 16.2 Å². The number of benzene rings is 2. The Balaban J connectivity index is 1.90. The summed E-state index contributed by atoms with van der Waals surface area (Å²) in [5.74, 6) is -1.81. The molecule has 26 heavy (non-hydrogen) atoms. The average molecular weight is 377 g/mol. The maximum atomic E-state index is 14.0. The fraction of sp³-hybridized carbons (Fsp3) is 0.263. The lowest BCUT2D eigenvalue weighted by molar-refractivity contribution is 0.310. The van der Waals surface area contributed by atoms with Crippen LogP contribution >= 0.6 is 0 Å². The number of rotatable bonds is 2. The van der Waals surface area contributed by atoms with Gasteiger partial charge in [0.2, 0.25) is 9.84 Å². The van der Waals surface area contributed by atoms with Crippen molar-refractivity contribution in [3.05, 3.63) is 59.4 Å². The molecule has 0 fully saturated rings. The first-order valence-corrected chi connectivity index (χ1v) is 9.70. The van der Waals surface area contributed by atoms with Gasteiger partial charge >= 0.3 is 0 Å². The molecular weight excluding hydrogens is 360 g/mol. The van der Waals surface area contributed by atoms with E-state index in [1.165, 1.54) is 18.2 Å². The van der Waals surface area contributed by atoms with E-state index in [1.807, 2.05) is 13.8 Å². The topological polar surface area (TPSA) is 59.3 Å². The molecule has 2 aromatic carbocycles. The quantitative estimate of drug-likeness (QED) is 0.735. The molecule has 2 heterocycles. The fourth-order valence-electron chi connectivity index (χ4n) is 3.45. The molecule has 0 saturated carbocycles. The largest absolute Gasteiger partial charge is 0.459 e. The van der Waals surface area contributed by atoms with E-state index in [4.69, 9.17) is 4.42 Å². The van der Waals surface area contributed by atoms with Crippen LogP contribution in [0.25, 0.3) is 11.0 Å². The molecule has 1 aliphatic heterocycles. The summed E-state index contributed by atoms with van der Waals surface area (Å²) in [6.45, 7) is 4.78.